The summed E-state index contributed by atoms with van der Waals surface area (Å²) in [7, 11) is -2.12. The van der Waals surface area contributed by atoms with Crippen molar-refractivity contribution in [2.24, 2.45) is 10.3 Å². The minimum absolute atomic E-state index is 0.0107. The van der Waals surface area contributed by atoms with Crippen LogP contribution in [-0.2, 0) is 18.8 Å². The second kappa shape index (κ2) is 7.74. The molecule has 0 aromatic rings. The highest BCUT2D eigenvalue weighted by Gasteiger charge is 2.52. The van der Waals surface area contributed by atoms with Crippen LogP contribution in [0.25, 0.3) is 0 Å². The number of carbonyl (C=O) groups excluding carboxylic acids is 2. The SMILES string of the molecule is CC(=O)N[C@@H]1[C@@H](O[Si](C)(C)C(C)(C)C)C[C@@H](C(=O)OC(C)(C)C)N2N=NC[C@H]12. The number of esters is 1. The fraction of sp³-hybridized carbons (Fsp3) is 0.895. The molecule has 0 unspecified atom stereocenters. The second-order valence-electron chi connectivity index (χ2n) is 10.3. The molecular formula is C19H36N4O4Si. The van der Waals surface area contributed by atoms with Crippen LogP contribution in [0, 0.1) is 0 Å². The zero-order chi connectivity index (χ0) is 21.5. The summed E-state index contributed by atoms with van der Waals surface area (Å²) in [4.78, 5) is 24.8. The highest BCUT2D eigenvalue weighted by Crippen LogP contribution is 2.40. The number of piperidine rings is 1. The Kier molecular flexibility index (Phi) is 6.30. The summed E-state index contributed by atoms with van der Waals surface area (Å²) in [5, 5.41) is 13.1. The Labute approximate surface area is 169 Å². The molecule has 0 spiro atoms. The second-order valence-corrected chi connectivity index (χ2v) is 15.0. The molecule has 1 saturated heterocycles. The van der Waals surface area contributed by atoms with Crippen molar-refractivity contribution in [3.8, 4) is 0 Å². The van der Waals surface area contributed by atoms with Gasteiger partial charge in [-0.3, -0.25) is 9.80 Å². The standard InChI is InChI=1S/C19H36N4O4Si/c1-12(24)21-16-14-11-20-22-23(14)13(17(25)26-18(2,3)4)10-15(16)27-28(8,9)19(5,6)7/h13-16H,10-11H2,1-9H3,(H,21,24)/t13-,14+,15-,16-/m0/s1. The Morgan fingerprint density at radius 1 is 1.14 bits per heavy atom. The van der Waals surface area contributed by atoms with E-state index in [4.69, 9.17) is 9.16 Å². The van der Waals surface area contributed by atoms with Crippen LogP contribution in [-0.4, -0.2) is 61.6 Å². The summed E-state index contributed by atoms with van der Waals surface area (Å²) in [5.74, 6) is -0.458. The first-order valence-electron chi connectivity index (χ1n) is 9.96. The van der Waals surface area contributed by atoms with Gasteiger partial charge in [-0.25, -0.2) is 4.79 Å². The van der Waals surface area contributed by atoms with Gasteiger partial charge in [-0.1, -0.05) is 26.0 Å². The van der Waals surface area contributed by atoms with Gasteiger partial charge in [0.05, 0.1) is 24.7 Å². The Morgan fingerprint density at radius 2 is 1.75 bits per heavy atom. The van der Waals surface area contributed by atoms with Gasteiger partial charge in [0, 0.05) is 13.3 Å². The number of amides is 1. The molecule has 1 fully saturated rings. The monoisotopic (exact) mass is 412 g/mol. The average molecular weight is 413 g/mol. The van der Waals surface area contributed by atoms with Crippen molar-refractivity contribution in [2.75, 3.05) is 6.54 Å². The highest BCUT2D eigenvalue weighted by molar-refractivity contribution is 6.74. The summed E-state index contributed by atoms with van der Waals surface area (Å²) in [6.07, 6.45) is 0.106. The van der Waals surface area contributed by atoms with E-state index in [1.165, 1.54) is 6.92 Å². The predicted molar refractivity (Wildman–Crippen MR) is 109 cm³/mol. The Bertz CT molecular complexity index is 639. The van der Waals surface area contributed by atoms with Crippen LogP contribution in [0.1, 0.15) is 54.9 Å². The van der Waals surface area contributed by atoms with Gasteiger partial charge in [0.25, 0.3) is 0 Å². The van der Waals surface area contributed by atoms with Crippen LogP contribution in [0.5, 0.6) is 0 Å². The summed E-state index contributed by atoms with van der Waals surface area (Å²) in [5.41, 5.74) is -0.590. The molecule has 4 atom stereocenters. The number of fused-ring (bicyclic) bond motifs is 1. The van der Waals surface area contributed by atoms with E-state index in [0.717, 1.165) is 0 Å². The molecule has 2 aliphatic rings. The molecule has 0 aliphatic carbocycles. The summed E-state index contributed by atoms with van der Waals surface area (Å²) < 4.78 is 12.3. The molecule has 0 aromatic carbocycles. The van der Waals surface area contributed by atoms with Crippen molar-refractivity contribution in [3.05, 3.63) is 0 Å². The van der Waals surface area contributed by atoms with Crippen molar-refractivity contribution >= 4 is 20.2 Å². The van der Waals surface area contributed by atoms with Gasteiger partial charge < -0.3 is 14.5 Å². The van der Waals surface area contributed by atoms with Crippen LogP contribution in [0.4, 0.5) is 0 Å². The first-order valence-corrected chi connectivity index (χ1v) is 12.9. The molecule has 1 amide bonds. The lowest BCUT2D eigenvalue weighted by molar-refractivity contribution is -0.167. The number of carbonyl (C=O) groups is 2. The fourth-order valence-electron chi connectivity index (χ4n) is 3.31. The highest BCUT2D eigenvalue weighted by atomic mass is 28.4. The van der Waals surface area contributed by atoms with E-state index in [1.54, 1.807) is 5.01 Å². The van der Waals surface area contributed by atoms with E-state index < -0.39 is 20.0 Å². The van der Waals surface area contributed by atoms with Crippen LogP contribution in [0.2, 0.25) is 18.1 Å². The summed E-state index contributed by atoms with van der Waals surface area (Å²) in [6, 6.07) is -1.07. The molecule has 0 radical (unpaired) electrons. The minimum Gasteiger partial charge on any atom is -0.458 e. The van der Waals surface area contributed by atoms with Gasteiger partial charge in [0.2, 0.25) is 5.91 Å². The molecule has 2 aliphatic heterocycles. The lowest BCUT2D eigenvalue weighted by Crippen LogP contribution is -2.66. The van der Waals surface area contributed by atoms with Crippen LogP contribution >= 0.6 is 0 Å². The molecular weight excluding hydrogens is 376 g/mol. The quantitative estimate of drug-likeness (QED) is 0.566. The maximum absolute atomic E-state index is 12.9. The summed E-state index contributed by atoms with van der Waals surface area (Å²) in [6.45, 7) is 18.3. The zero-order valence-electron chi connectivity index (χ0n) is 18.7. The number of hydrogen-bond donors (Lipinski definition) is 1. The molecule has 0 bridgehead atoms. The first-order chi connectivity index (χ1) is 12.6. The number of nitrogens with one attached hydrogen (secondary N) is 1. The van der Waals surface area contributed by atoms with Crippen LogP contribution < -0.4 is 5.32 Å². The molecule has 2 rings (SSSR count). The third-order valence-electron chi connectivity index (χ3n) is 5.67. The van der Waals surface area contributed by atoms with Gasteiger partial charge in [0.15, 0.2) is 8.32 Å². The van der Waals surface area contributed by atoms with Gasteiger partial charge >= 0.3 is 5.97 Å². The molecule has 0 saturated carbocycles. The van der Waals surface area contributed by atoms with E-state index in [-0.39, 0.29) is 35.1 Å². The maximum Gasteiger partial charge on any atom is 0.331 e. The molecule has 8 nitrogen and oxygen atoms in total. The largest absolute Gasteiger partial charge is 0.458 e. The third-order valence-corrected chi connectivity index (χ3v) is 10.2. The molecule has 9 heteroatoms. The lowest BCUT2D eigenvalue weighted by atomic mass is 9.89. The molecule has 2 heterocycles. The van der Waals surface area contributed by atoms with E-state index in [0.29, 0.717) is 13.0 Å². The number of rotatable bonds is 4. The zero-order valence-corrected chi connectivity index (χ0v) is 19.7. The smallest absolute Gasteiger partial charge is 0.331 e. The minimum atomic E-state index is -2.12. The van der Waals surface area contributed by atoms with E-state index in [1.807, 2.05) is 20.8 Å². The van der Waals surface area contributed by atoms with E-state index in [2.05, 4.69) is 49.5 Å². The van der Waals surface area contributed by atoms with Crippen LogP contribution in [0.15, 0.2) is 10.3 Å². The van der Waals surface area contributed by atoms with Crippen molar-refractivity contribution in [1.82, 2.24) is 10.3 Å². The number of nitrogens with zero attached hydrogens (tertiary/aromatic N) is 3. The third kappa shape index (κ3) is 5.11. The summed E-state index contributed by atoms with van der Waals surface area (Å²) >= 11 is 0. The Morgan fingerprint density at radius 3 is 2.25 bits per heavy atom. The van der Waals surface area contributed by atoms with Gasteiger partial charge in [-0.15, -0.1) is 0 Å². The number of hydrogen-bond acceptors (Lipinski definition) is 7. The van der Waals surface area contributed by atoms with Gasteiger partial charge in [-0.2, -0.15) is 5.11 Å². The van der Waals surface area contributed by atoms with Crippen LogP contribution in [0.3, 0.4) is 0 Å². The Hall–Kier alpha value is -1.48. The number of ether oxygens (including phenoxy) is 1. The van der Waals surface area contributed by atoms with E-state index >= 15 is 0 Å². The van der Waals surface area contributed by atoms with Crippen molar-refractivity contribution in [3.63, 3.8) is 0 Å². The van der Waals surface area contributed by atoms with Crippen molar-refractivity contribution < 1.29 is 18.8 Å². The predicted octanol–water partition coefficient (Wildman–Crippen LogP) is 3.05. The van der Waals surface area contributed by atoms with Gasteiger partial charge in [0.1, 0.15) is 11.6 Å². The fourth-order valence-corrected chi connectivity index (χ4v) is 4.66. The topological polar surface area (TPSA) is 92.6 Å². The van der Waals surface area contributed by atoms with Crippen molar-refractivity contribution in [2.45, 2.75) is 103 Å². The Balaban J connectivity index is 2.33. The molecule has 1 N–H and O–H groups in total. The maximum atomic E-state index is 12.9. The molecule has 28 heavy (non-hydrogen) atoms. The molecule has 160 valence electrons. The molecule has 0 aromatic heterocycles. The normalized spacial score (nSPS) is 28.1. The van der Waals surface area contributed by atoms with Crippen molar-refractivity contribution in [1.29, 1.82) is 0 Å². The van der Waals surface area contributed by atoms with Gasteiger partial charge in [-0.05, 0) is 38.9 Å². The first kappa shape index (κ1) is 22.8. The van der Waals surface area contributed by atoms with E-state index in [9.17, 15) is 9.59 Å². The average Bonchev–Trinajstić information content (AvgIpc) is 2.95. The lowest BCUT2D eigenvalue weighted by Gasteiger charge is -2.48.